The molecule has 0 aliphatic carbocycles. The van der Waals surface area contributed by atoms with Gasteiger partial charge in [-0.15, -0.1) is 0 Å². The highest BCUT2D eigenvalue weighted by atomic mass is 16.2. The van der Waals surface area contributed by atoms with Gasteiger partial charge in [-0.05, 0) is 54.3 Å². The maximum Gasteiger partial charge on any atom is 0.256 e. The molecule has 3 aromatic rings. The van der Waals surface area contributed by atoms with Crippen molar-refractivity contribution in [1.82, 2.24) is 15.1 Å². The van der Waals surface area contributed by atoms with Crippen LogP contribution in [0.15, 0.2) is 36.4 Å². The molecule has 4 rings (SSSR count). The number of anilines is 1. The van der Waals surface area contributed by atoms with E-state index in [1.54, 1.807) is 11.0 Å². The third kappa shape index (κ3) is 2.56. The van der Waals surface area contributed by atoms with Gasteiger partial charge >= 0.3 is 0 Å². The minimum absolute atomic E-state index is 0.155. The average molecular weight is 357 g/mol. The van der Waals surface area contributed by atoms with E-state index in [0.717, 1.165) is 38.9 Å². The van der Waals surface area contributed by atoms with Crippen molar-refractivity contribution in [3.63, 3.8) is 0 Å². The minimum atomic E-state index is -0.155. The number of nitrogen functional groups attached to an aromatic ring is 1. The first kappa shape index (κ1) is 16.9. The highest BCUT2D eigenvalue weighted by molar-refractivity contribution is 6.05. The molecule has 0 radical (unpaired) electrons. The van der Waals surface area contributed by atoms with Gasteiger partial charge in [-0.2, -0.15) is 10.4 Å². The quantitative estimate of drug-likeness (QED) is 0.554. The van der Waals surface area contributed by atoms with Crippen LogP contribution in [0.2, 0.25) is 0 Å². The van der Waals surface area contributed by atoms with Crippen molar-refractivity contribution < 1.29 is 4.79 Å². The zero-order chi connectivity index (χ0) is 19.3. The van der Waals surface area contributed by atoms with Gasteiger partial charge in [-0.25, -0.2) is 0 Å². The Bertz CT molecular complexity index is 1170. The number of aromatic nitrogens is 2. The van der Waals surface area contributed by atoms with Crippen molar-refractivity contribution in [2.45, 2.75) is 20.4 Å². The molecular formula is C21H19N5O. The maximum absolute atomic E-state index is 12.8. The van der Waals surface area contributed by atoms with Crippen molar-refractivity contribution in [1.29, 1.82) is 5.26 Å². The van der Waals surface area contributed by atoms with E-state index >= 15 is 0 Å². The zero-order valence-corrected chi connectivity index (χ0v) is 15.3. The fraction of sp³-hybridized carbons (Fsp3) is 0.190. The van der Waals surface area contributed by atoms with Crippen LogP contribution in [0.3, 0.4) is 0 Å². The first-order chi connectivity index (χ1) is 12.9. The summed E-state index contributed by atoms with van der Waals surface area (Å²) in [6.07, 6.45) is 0. The van der Waals surface area contributed by atoms with Gasteiger partial charge in [0.25, 0.3) is 5.91 Å². The van der Waals surface area contributed by atoms with E-state index in [2.05, 4.69) is 28.9 Å². The molecule has 0 bridgehead atoms. The zero-order valence-electron chi connectivity index (χ0n) is 15.3. The third-order valence-electron chi connectivity index (χ3n) is 5.11. The number of fused-ring (bicyclic) bond motifs is 2. The van der Waals surface area contributed by atoms with E-state index in [0.29, 0.717) is 23.4 Å². The number of carbonyl (C=O) groups is 1. The van der Waals surface area contributed by atoms with Crippen LogP contribution in [0.5, 0.6) is 0 Å². The van der Waals surface area contributed by atoms with E-state index in [1.807, 2.05) is 26.0 Å². The van der Waals surface area contributed by atoms with Crippen LogP contribution in [0.1, 0.15) is 27.2 Å². The second kappa shape index (κ2) is 5.99. The summed E-state index contributed by atoms with van der Waals surface area (Å²) in [6.45, 7) is 8.32. The molecule has 0 spiro atoms. The Kier molecular flexibility index (Phi) is 3.74. The predicted octanol–water partition coefficient (Wildman–Crippen LogP) is 3.46. The lowest BCUT2D eigenvalue weighted by Crippen LogP contribution is -2.26. The van der Waals surface area contributed by atoms with E-state index in [4.69, 9.17) is 11.0 Å². The number of hydrogen-bond donors (Lipinski definition) is 2. The summed E-state index contributed by atoms with van der Waals surface area (Å²) in [6, 6.07) is 9.92. The number of benzene rings is 2. The molecule has 1 aliphatic heterocycles. The van der Waals surface area contributed by atoms with Gasteiger partial charge in [0, 0.05) is 23.2 Å². The Labute approximate surface area is 156 Å². The molecule has 2 aromatic carbocycles. The number of nitrogens with one attached hydrogen (secondary N) is 1. The van der Waals surface area contributed by atoms with Crippen LogP contribution < -0.4 is 5.73 Å². The van der Waals surface area contributed by atoms with Crippen molar-refractivity contribution in [2.24, 2.45) is 0 Å². The molecule has 0 atom stereocenters. The van der Waals surface area contributed by atoms with Gasteiger partial charge in [0.15, 0.2) is 0 Å². The van der Waals surface area contributed by atoms with Gasteiger partial charge in [0.05, 0.1) is 29.4 Å². The van der Waals surface area contributed by atoms with Gasteiger partial charge in [-0.1, -0.05) is 12.6 Å². The summed E-state index contributed by atoms with van der Waals surface area (Å²) >= 11 is 0. The molecule has 0 saturated carbocycles. The van der Waals surface area contributed by atoms with Crippen molar-refractivity contribution in [3.8, 4) is 17.2 Å². The standard InChI is InChI=1S/C21H19N5O/c1-11(8-22)9-26-10-17-15(4-5-18(23)19(17)21(26)27)14-6-12(2)20-16(7-14)13(3)24-25-20/h4-7H,1,9-10,23H2,2-3H3,(H,24,25). The van der Waals surface area contributed by atoms with Crippen LogP contribution in [-0.4, -0.2) is 27.5 Å². The Morgan fingerprint density at radius 2 is 2.19 bits per heavy atom. The Balaban J connectivity index is 1.86. The molecule has 0 fully saturated rings. The largest absolute Gasteiger partial charge is 0.398 e. The smallest absolute Gasteiger partial charge is 0.256 e. The molecular weight excluding hydrogens is 338 g/mol. The normalized spacial score (nSPS) is 13.1. The van der Waals surface area contributed by atoms with Crippen LogP contribution in [0.4, 0.5) is 5.69 Å². The van der Waals surface area contributed by atoms with Crippen molar-refractivity contribution in [2.75, 3.05) is 12.3 Å². The highest BCUT2D eigenvalue weighted by Crippen LogP contribution is 2.38. The molecule has 0 unspecified atom stereocenters. The van der Waals surface area contributed by atoms with Crippen LogP contribution in [0, 0.1) is 25.2 Å². The number of nitriles is 1. The van der Waals surface area contributed by atoms with E-state index in [-0.39, 0.29) is 12.5 Å². The number of amides is 1. The molecule has 134 valence electrons. The first-order valence-electron chi connectivity index (χ1n) is 8.65. The van der Waals surface area contributed by atoms with Gasteiger partial charge in [0.2, 0.25) is 0 Å². The van der Waals surface area contributed by atoms with E-state index < -0.39 is 0 Å². The van der Waals surface area contributed by atoms with Crippen LogP contribution in [0.25, 0.3) is 22.0 Å². The lowest BCUT2D eigenvalue weighted by Gasteiger charge is -2.14. The monoisotopic (exact) mass is 357 g/mol. The second-order valence-corrected chi connectivity index (χ2v) is 6.96. The number of carbonyl (C=O) groups excluding carboxylic acids is 1. The summed E-state index contributed by atoms with van der Waals surface area (Å²) in [5, 5.41) is 17.4. The summed E-state index contributed by atoms with van der Waals surface area (Å²) in [7, 11) is 0. The van der Waals surface area contributed by atoms with Crippen molar-refractivity contribution in [3.05, 3.63) is 58.8 Å². The Morgan fingerprint density at radius 1 is 1.41 bits per heavy atom. The third-order valence-corrected chi connectivity index (χ3v) is 5.11. The molecule has 3 N–H and O–H groups in total. The summed E-state index contributed by atoms with van der Waals surface area (Å²) in [5.41, 5.74) is 13.4. The molecule has 2 heterocycles. The SMILES string of the molecule is C=C(C#N)CN1Cc2c(-c3cc(C)c4[nH]nc(C)c4c3)ccc(N)c2C1=O. The number of nitrogens with two attached hydrogens (primary N) is 1. The molecule has 6 heteroatoms. The highest BCUT2D eigenvalue weighted by Gasteiger charge is 2.32. The lowest BCUT2D eigenvalue weighted by molar-refractivity contribution is 0.0794. The number of aryl methyl sites for hydroxylation is 2. The number of aromatic amines is 1. The Morgan fingerprint density at radius 3 is 2.93 bits per heavy atom. The molecule has 6 nitrogen and oxygen atoms in total. The maximum atomic E-state index is 12.8. The molecule has 1 amide bonds. The van der Waals surface area contributed by atoms with Gasteiger partial charge in [-0.3, -0.25) is 9.89 Å². The lowest BCUT2D eigenvalue weighted by atomic mass is 9.93. The molecule has 0 saturated heterocycles. The molecule has 1 aliphatic rings. The first-order valence-corrected chi connectivity index (χ1v) is 8.65. The average Bonchev–Trinajstić information content (AvgIpc) is 3.17. The molecule has 1 aromatic heterocycles. The molecule has 27 heavy (non-hydrogen) atoms. The fourth-order valence-electron chi connectivity index (χ4n) is 3.74. The second-order valence-electron chi connectivity index (χ2n) is 6.96. The number of rotatable bonds is 3. The fourth-order valence-corrected chi connectivity index (χ4v) is 3.74. The number of hydrogen-bond acceptors (Lipinski definition) is 4. The van der Waals surface area contributed by atoms with Gasteiger partial charge in [0.1, 0.15) is 0 Å². The van der Waals surface area contributed by atoms with Crippen LogP contribution >= 0.6 is 0 Å². The van der Waals surface area contributed by atoms with E-state index in [9.17, 15) is 4.79 Å². The summed E-state index contributed by atoms with van der Waals surface area (Å²) < 4.78 is 0. The predicted molar refractivity (Wildman–Crippen MR) is 105 cm³/mol. The summed E-state index contributed by atoms with van der Waals surface area (Å²) in [5.74, 6) is -0.155. The number of H-pyrrole nitrogens is 1. The van der Waals surface area contributed by atoms with Gasteiger partial charge < -0.3 is 10.6 Å². The van der Waals surface area contributed by atoms with Crippen molar-refractivity contribution >= 4 is 22.5 Å². The summed E-state index contributed by atoms with van der Waals surface area (Å²) in [4.78, 5) is 14.4. The van der Waals surface area contributed by atoms with Crippen LogP contribution in [-0.2, 0) is 6.54 Å². The number of nitrogens with zero attached hydrogens (tertiary/aromatic N) is 3. The van der Waals surface area contributed by atoms with E-state index in [1.165, 1.54) is 0 Å². The Hall–Kier alpha value is -3.59. The topological polar surface area (TPSA) is 98.8 Å². The minimum Gasteiger partial charge on any atom is -0.398 e.